The molecule has 1 heterocycles. The molecule has 3 rings (SSSR count). The molecule has 7 nitrogen and oxygen atoms in total. The lowest BCUT2D eigenvalue weighted by Gasteiger charge is -2.22. The molecule has 0 amide bonds. The van der Waals surface area contributed by atoms with Crippen molar-refractivity contribution in [2.24, 2.45) is 13.0 Å². The first kappa shape index (κ1) is 20.0. The largest absolute Gasteiger partial charge is 0.496 e. The highest BCUT2D eigenvalue weighted by atomic mass is 16.5. The van der Waals surface area contributed by atoms with Gasteiger partial charge in [-0.3, -0.25) is 14.3 Å². The average molecular weight is 385 g/mol. The van der Waals surface area contributed by atoms with Crippen LogP contribution in [-0.2, 0) is 29.4 Å². The van der Waals surface area contributed by atoms with Crippen LogP contribution >= 0.6 is 0 Å². The molecule has 0 aliphatic heterocycles. The quantitative estimate of drug-likeness (QED) is 0.487. The highest BCUT2D eigenvalue weighted by molar-refractivity contribution is 6.05. The number of fused-ring (bicyclic) bond motifs is 1. The van der Waals surface area contributed by atoms with Crippen molar-refractivity contribution in [3.05, 3.63) is 41.2 Å². The summed E-state index contributed by atoms with van der Waals surface area (Å²) in [6.45, 7) is 1.40. The van der Waals surface area contributed by atoms with Crippen LogP contribution in [0, 0.1) is 5.92 Å². The second-order valence-electron chi connectivity index (χ2n) is 7.30. The Morgan fingerprint density at radius 2 is 2.14 bits per heavy atom. The Kier molecular flexibility index (Phi) is 6.44. The van der Waals surface area contributed by atoms with Crippen LogP contribution < -0.4 is 4.74 Å². The predicted molar refractivity (Wildman–Crippen MR) is 103 cm³/mol. The van der Waals surface area contributed by atoms with E-state index in [9.17, 15) is 9.59 Å². The third-order valence-electron chi connectivity index (χ3n) is 5.19. The number of hydrogen-bond donors (Lipinski definition) is 0. The summed E-state index contributed by atoms with van der Waals surface area (Å²) in [5.41, 5.74) is 2.58. The second-order valence-corrected chi connectivity index (χ2v) is 7.30. The van der Waals surface area contributed by atoms with E-state index in [4.69, 9.17) is 9.47 Å². The molecule has 1 aromatic carbocycles. The number of ketones is 1. The molecular formula is C21H27N3O4. The lowest BCUT2D eigenvalue weighted by Crippen LogP contribution is -2.30. The maximum Gasteiger partial charge on any atom is 0.302 e. The van der Waals surface area contributed by atoms with Crippen molar-refractivity contribution >= 4 is 11.8 Å². The zero-order valence-electron chi connectivity index (χ0n) is 16.7. The van der Waals surface area contributed by atoms with Gasteiger partial charge in [0.25, 0.3) is 0 Å². The Morgan fingerprint density at radius 1 is 1.32 bits per heavy atom. The number of aryl methyl sites for hydroxylation is 2. The number of nitrogens with zero attached hydrogens (tertiary/aromatic N) is 3. The summed E-state index contributed by atoms with van der Waals surface area (Å²) in [6.07, 6.45) is 6.49. The number of hydrogen-bond acceptors (Lipinski definition) is 6. The molecular weight excluding hydrogens is 358 g/mol. The van der Waals surface area contributed by atoms with Crippen molar-refractivity contribution in [2.45, 2.75) is 51.6 Å². The first-order valence-electron chi connectivity index (χ1n) is 9.72. The van der Waals surface area contributed by atoms with Crippen LogP contribution in [0.3, 0.4) is 0 Å². The summed E-state index contributed by atoms with van der Waals surface area (Å²) >= 11 is 0. The minimum atomic E-state index is -0.404. The van der Waals surface area contributed by atoms with Crippen LogP contribution in [0.1, 0.15) is 54.2 Å². The van der Waals surface area contributed by atoms with Gasteiger partial charge in [-0.1, -0.05) is 23.8 Å². The zero-order chi connectivity index (χ0) is 20.1. The van der Waals surface area contributed by atoms with E-state index in [0.29, 0.717) is 24.2 Å². The molecule has 1 aromatic heterocycles. The standard InChI is InChI=1S/C21H27N3O4/c1-14(25)28-18(10-6-4-5-9-16-13-24(2)23-22-16)17-12-15-8-7-11-19(27-3)20(15)21(17)26/h7-8,11,13,17-18H,4-6,9-10,12H2,1-3H3. The molecule has 28 heavy (non-hydrogen) atoms. The Morgan fingerprint density at radius 3 is 2.82 bits per heavy atom. The van der Waals surface area contributed by atoms with Crippen LogP contribution in [0.2, 0.25) is 0 Å². The smallest absolute Gasteiger partial charge is 0.302 e. The SMILES string of the molecule is COc1cccc2c1C(=O)C(C(CCCCCc1cn(C)nn1)OC(C)=O)C2. The van der Waals surface area contributed by atoms with Crippen molar-refractivity contribution in [3.63, 3.8) is 0 Å². The molecule has 7 heteroatoms. The van der Waals surface area contributed by atoms with Gasteiger partial charge in [-0.15, -0.1) is 5.10 Å². The van der Waals surface area contributed by atoms with Gasteiger partial charge in [0.2, 0.25) is 0 Å². The number of aromatic nitrogens is 3. The Balaban J connectivity index is 1.58. The number of rotatable bonds is 9. The van der Waals surface area contributed by atoms with Crippen molar-refractivity contribution in [3.8, 4) is 5.75 Å². The van der Waals surface area contributed by atoms with E-state index in [1.165, 1.54) is 6.92 Å². The molecule has 1 aliphatic rings. The fourth-order valence-corrected chi connectivity index (χ4v) is 3.91. The molecule has 2 aromatic rings. The third-order valence-corrected chi connectivity index (χ3v) is 5.19. The highest BCUT2D eigenvalue weighted by Gasteiger charge is 2.39. The predicted octanol–water partition coefficient (Wildman–Crippen LogP) is 2.91. The van der Waals surface area contributed by atoms with Crippen LogP contribution in [0.4, 0.5) is 0 Å². The van der Waals surface area contributed by atoms with Crippen LogP contribution in [0.25, 0.3) is 0 Å². The summed E-state index contributed by atoms with van der Waals surface area (Å²) in [5.74, 6) is -0.0794. The van der Waals surface area contributed by atoms with Gasteiger partial charge in [0.05, 0.1) is 24.3 Å². The number of carbonyl (C=O) groups excluding carboxylic acids is 2. The summed E-state index contributed by atoms with van der Waals surface area (Å²) in [7, 11) is 3.42. The molecule has 0 radical (unpaired) electrons. The maximum atomic E-state index is 13.0. The number of Topliss-reactive ketones (excluding diaryl/α,β-unsaturated/α-hetero) is 1. The summed E-state index contributed by atoms with van der Waals surface area (Å²) in [6, 6.07) is 5.63. The van der Waals surface area contributed by atoms with E-state index in [1.54, 1.807) is 17.9 Å². The molecule has 0 saturated carbocycles. The maximum absolute atomic E-state index is 13.0. The number of methoxy groups -OCH3 is 1. The highest BCUT2D eigenvalue weighted by Crippen LogP contribution is 2.37. The first-order chi connectivity index (χ1) is 13.5. The van der Waals surface area contributed by atoms with E-state index >= 15 is 0 Å². The van der Waals surface area contributed by atoms with Crippen molar-refractivity contribution in [1.29, 1.82) is 0 Å². The first-order valence-corrected chi connectivity index (χ1v) is 9.72. The number of benzene rings is 1. The van der Waals surface area contributed by atoms with Gasteiger partial charge in [0, 0.05) is 20.2 Å². The Labute approximate surface area is 165 Å². The van der Waals surface area contributed by atoms with E-state index in [1.807, 2.05) is 25.4 Å². The molecule has 0 fully saturated rings. The van der Waals surface area contributed by atoms with Gasteiger partial charge in [-0.05, 0) is 43.7 Å². The van der Waals surface area contributed by atoms with Gasteiger partial charge in [0.1, 0.15) is 11.9 Å². The molecule has 150 valence electrons. The monoisotopic (exact) mass is 385 g/mol. The Hall–Kier alpha value is -2.70. The molecule has 0 saturated heterocycles. The minimum absolute atomic E-state index is 0.0123. The van der Waals surface area contributed by atoms with Crippen LogP contribution in [0.15, 0.2) is 24.4 Å². The molecule has 0 bridgehead atoms. The van der Waals surface area contributed by atoms with Crippen molar-refractivity contribution in [1.82, 2.24) is 15.0 Å². The van der Waals surface area contributed by atoms with E-state index in [2.05, 4.69) is 10.3 Å². The molecule has 2 atom stereocenters. The van der Waals surface area contributed by atoms with E-state index in [-0.39, 0.29) is 17.7 Å². The summed E-state index contributed by atoms with van der Waals surface area (Å²) < 4.78 is 12.6. The summed E-state index contributed by atoms with van der Waals surface area (Å²) in [4.78, 5) is 24.6. The minimum Gasteiger partial charge on any atom is -0.496 e. The summed E-state index contributed by atoms with van der Waals surface area (Å²) in [5, 5.41) is 8.02. The fourth-order valence-electron chi connectivity index (χ4n) is 3.91. The topological polar surface area (TPSA) is 83.3 Å². The second kappa shape index (κ2) is 8.99. The average Bonchev–Trinajstić information content (AvgIpc) is 3.23. The number of esters is 1. The lowest BCUT2D eigenvalue weighted by molar-refractivity contribution is -0.148. The van der Waals surface area contributed by atoms with Gasteiger partial charge < -0.3 is 9.47 Å². The Bertz CT molecular complexity index is 846. The van der Waals surface area contributed by atoms with E-state index in [0.717, 1.165) is 36.9 Å². The third kappa shape index (κ3) is 4.58. The molecule has 1 aliphatic carbocycles. The van der Waals surface area contributed by atoms with Crippen molar-refractivity contribution in [2.75, 3.05) is 7.11 Å². The van der Waals surface area contributed by atoms with Crippen LogP contribution in [-0.4, -0.2) is 40.0 Å². The molecule has 2 unspecified atom stereocenters. The number of carbonyl (C=O) groups is 2. The zero-order valence-corrected chi connectivity index (χ0v) is 16.7. The van der Waals surface area contributed by atoms with Gasteiger partial charge in [-0.25, -0.2) is 0 Å². The number of ether oxygens (including phenoxy) is 2. The molecule has 0 N–H and O–H groups in total. The van der Waals surface area contributed by atoms with Crippen molar-refractivity contribution < 1.29 is 19.1 Å². The van der Waals surface area contributed by atoms with E-state index < -0.39 is 6.10 Å². The lowest BCUT2D eigenvalue weighted by atomic mass is 9.93. The van der Waals surface area contributed by atoms with Gasteiger partial charge in [-0.2, -0.15) is 0 Å². The molecule has 0 spiro atoms. The fraction of sp³-hybridized carbons (Fsp3) is 0.524. The van der Waals surface area contributed by atoms with Gasteiger partial charge >= 0.3 is 5.97 Å². The van der Waals surface area contributed by atoms with Gasteiger partial charge in [0.15, 0.2) is 5.78 Å². The number of unbranched alkanes of at least 4 members (excludes halogenated alkanes) is 2. The normalized spacial score (nSPS) is 16.7. The van der Waals surface area contributed by atoms with Crippen LogP contribution in [0.5, 0.6) is 5.75 Å².